The van der Waals surface area contributed by atoms with Crippen LogP contribution in [0.1, 0.15) is 59.8 Å². The van der Waals surface area contributed by atoms with Gasteiger partial charge in [-0.3, -0.25) is 9.69 Å². The van der Waals surface area contributed by atoms with Gasteiger partial charge in [0.15, 0.2) is 0 Å². The fourth-order valence-corrected chi connectivity index (χ4v) is 6.30. The monoisotopic (exact) mass is 654 g/mol. The predicted octanol–water partition coefficient (Wildman–Crippen LogP) is 6.22. The number of hydrogen-bond donors (Lipinski definition) is 3. The molecular formula is C41H50N4O3. The minimum Gasteiger partial charge on any atom is -0.391 e. The molecule has 0 saturated carbocycles. The normalized spacial score (nSPS) is 19.7. The van der Waals surface area contributed by atoms with Gasteiger partial charge in [0.05, 0.1) is 7.47 Å². The molecule has 1 aliphatic heterocycles. The van der Waals surface area contributed by atoms with Gasteiger partial charge >= 0.3 is 6.03 Å². The zero-order valence-electron chi connectivity index (χ0n) is 35.1. The van der Waals surface area contributed by atoms with Crippen LogP contribution in [0.3, 0.4) is 0 Å². The van der Waals surface area contributed by atoms with Crippen LogP contribution in [0.5, 0.6) is 0 Å². The lowest BCUT2D eigenvalue weighted by Gasteiger charge is -2.38. The Balaban J connectivity index is 1.57. The van der Waals surface area contributed by atoms with Crippen LogP contribution in [-0.4, -0.2) is 64.1 Å². The largest absolute Gasteiger partial charge is 0.391 e. The van der Waals surface area contributed by atoms with Crippen molar-refractivity contribution in [3.05, 3.63) is 144 Å². The number of amides is 3. The highest BCUT2D eigenvalue weighted by Crippen LogP contribution is 2.23. The number of nitrogens with zero attached hydrogens (tertiary/aromatic N) is 2. The van der Waals surface area contributed by atoms with E-state index in [9.17, 15) is 16.1 Å². The van der Waals surface area contributed by atoms with E-state index in [1.54, 1.807) is 12.1 Å². The van der Waals surface area contributed by atoms with E-state index < -0.39 is 55.7 Å². The number of aliphatic hydroxyl groups is 1. The van der Waals surface area contributed by atoms with Gasteiger partial charge in [-0.05, 0) is 53.8 Å². The maximum Gasteiger partial charge on any atom is 0.318 e. The van der Waals surface area contributed by atoms with E-state index in [-0.39, 0.29) is 32.4 Å². The molecule has 3 N–H and O–H groups in total. The molecule has 4 aromatic carbocycles. The van der Waals surface area contributed by atoms with Gasteiger partial charge in [0, 0.05) is 47.9 Å². The topological polar surface area (TPSA) is 84.9 Å². The van der Waals surface area contributed by atoms with Crippen molar-refractivity contribution in [1.82, 2.24) is 20.4 Å². The maximum absolute atomic E-state index is 14.7. The number of urea groups is 1. The Morgan fingerprint density at radius 1 is 0.833 bits per heavy atom. The van der Waals surface area contributed by atoms with Crippen LogP contribution in [0.2, 0.25) is 0 Å². The lowest BCUT2D eigenvalue weighted by atomic mass is 9.91. The molecule has 0 bridgehead atoms. The third kappa shape index (κ3) is 10.0. The summed E-state index contributed by atoms with van der Waals surface area (Å²) in [5.41, 5.74) is 3.73. The van der Waals surface area contributed by atoms with Crippen molar-refractivity contribution in [3.8, 4) is 0 Å². The molecule has 7 nitrogen and oxygen atoms in total. The van der Waals surface area contributed by atoms with E-state index in [0.29, 0.717) is 24.4 Å². The average molecular weight is 655 g/mol. The highest BCUT2D eigenvalue weighted by molar-refractivity contribution is 5.87. The molecule has 48 heavy (non-hydrogen) atoms. The fraction of sp³-hybridized carbons (Fsp3) is 0.366. The summed E-state index contributed by atoms with van der Waals surface area (Å²) in [7, 11) is 0. The van der Waals surface area contributed by atoms with Crippen LogP contribution in [0.15, 0.2) is 121 Å². The van der Waals surface area contributed by atoms with Crippen LogP contribution in [0.4, 0.5) is 4.79 Å². The van der Waals surface area contributed by atoms with Gasteiger partial charge in [-0.25, -0.2) is 4.79 Å². The highest BCUT2D eigenvalue weighted by atomic mass is 16.3. The maximum atomic E-state index is 14.7. The summed E-state index contributed by atoms with van der Waals surface area (Å²) in [6.45, 7) is -6.64. The first-order valence-electron chi connectivity index (χ1n) is 20.5. The summed E-state index contributed by atoms with van der Waals surface area (Å²) in [6, 6.07) is 32.4. The first-order valence-corrected chi connectivity index (χ1v) is 16.5. The summed E-state index contributed by atoms with van der Waals surface area (Å²) < 4.78 is 67.9. The Kier molecular flexibility index (Phi) is 9.38. The van der Waals surface area contributed by atoms with Crippen LogP contribution in [0.25, 0.3) is 0 Å². The lowest BCUT2D eigenvalue weighted by Crippen LogP contribution is -2.59. The van der Waals surface area contributed by atoms with Crippen molar-refractivity contribution < 1.29 is 25.7 Å². The number of carbonyl (C=O) groups is 2. The first-order chi connectivity index (χ1) is 26.5. The summed E-state index contributed by atoms with van der Waals surface area (Å²) in [6.07, 6.45) is -0.538. The van der Waals surface area contributed by atoms with E-state index in [0.717, 1.165) is 22.3 Å². The van der Waals surface area contributed by atoms with Gasteiger partial charge < -0.3 is 20.6 Å². The molecule has 252 valence electrons. The number of aliphatic hydroxyl groups excluding tert-OH is 1. The van der Waals surface area contributed by atoms with Crippen molar-refractivity contribution in [2.45, 2.75) is 76.7 Å². The second-order valence-electron chi connectivity index (χ2n) is 12.3. The van der Waals surface area contributed by atoms with Gasteiger partial charge in [-0.2, -0.15) is 0 Å². The van der Waals surface area contributed by atoms with E-state index in [2.05, 4.69) is 15.5 Å². The Bertz CT molecular complexity index is 1800. The first kappa shape index (κ1) is 25.5. The van der Waals surface area contributed by atoms with Gasteiger partial charge in [0.2, 0.25) is 5.91 Å². The summed E-state index contributed by atoms with van der Waals surface area (Å²) in [5, 5.41) is 17.6. The SMILES string of the molecule is [2H]C([2H])([2H])C([2H])(C([2H])([2H])[2H])[C@]([2H])(C(=O)N[C@@H](Cc1ccccc1)C[C@H](O)[C@H](Cc1ccccc1)N(Cc1ccccc1)Cc1ccccc1)N1CCCNC1=O. The van der Waals surface area contributed by atoms with Crippen LogP contribution < -0.4 is 10.6 Å². The van der Waals surface area contributed by atoms with Crippen molar-refractivity contribution >= 4 is 11.9 Å². The van der Waals surface area contributed by atoms with Crippen molar-refractivity contribution in [1.29, 1.82) is 0 Å². The molecule has 4 aromatic rings. The third-order valence-corrected chi connectivity index (χ3v) is 8.65. The van der Waals surface area contributed by atoms with Crippen LogP contribution >= 0.6 is 0 Å². The molecule has 1 aliphatic rings. The molecule has 0 aromatic heterocycles. The number of rotatable bonds is 16. The molecule has 1 saturated heterocycles. The zero-order chi connectivity index (χ0) is 40.6. The molecule has 1 fully saturated rings. The second kappa shape index (κ2) is 17.6. The van der Waals surface area contributed by atoms with E-state index in [1.807, 2.05) is 109 Å². The van der Waals surface area contributed by atoms with Crippen molar-refractivity contribution in [2.75, 3.05) is 13.1 Å². The summed E-state index contributed by atoms with van der Waals surface area (Å²) in [4.78, 5) is 30.7. The molecule has 4 atom stereocenters. The molecular weight excluding hydrogens is 596 g/mol. The Labute approximate surface area is 297 Å². The minimum absolute atomic E-state index is 0.104. The second-order valence-corrected chi connectivity index (χ2v) is 12.3. The molecule has 0 spiro atoms. The average Bonchev–Trinajstić information content (AvgIpc) is 3.17. The number of carbonyl (C=O) groups excluding carboxylic acids is 2. The van der Waals surface area contributed by atoms with Gasteiger partial charge in [-0.15, -0.1) is 0 Å². The van der Waals surface area contributed by atoms with Crippen molar-refractivity contribution in [3.63, 3.8) is 0 Å². The molecule has 0 radical (unpaired) electrons. The summed E-state index contributed by atoms with van der Waals surface area (Å²) >= 11 is 0. The minimum atomic E-state index is -3.76. The Morgan fingerprint density at radius 3 is 1.83 bits per heavy atom. The number of nitrogens with one attached hydrogen (secondary N) is 2. The number of benzene rings is 4. The Morgan fingerprint density at radius 2 is 1.33 bits per heavy atom. The zero-order valence-corrected chi connectivity index (χ0v) is 27.1. The molecule has 5 rings (SSSR count). The predicted molar refractivity (Wildman–Crippen MR) is 192 cm³/mol. The fourth-order valence-electron chi connectivity index (χ4n) is 6.30. The molecule has 1 heterocycles. The van der Waals surface area contributed by atoms with E-state index in [1.165, 1.54) is 0 Å². The van der Waals surface area contributed by atoms with Gasteiger partial charge in [0.1, 0.15) is 6.02 Å². The van der Waals surface area contributed by atoms with Crippen LogP contribution in [0, 0.1) is 5.89 Å². The third-order valence-electron chi connectivity index (χ3n) is 8.65. The van der Waals surface area contributed by atoms with Gasteiger partial charge in [0.25, 0.3) is 0 Å². The molecule has 0 aliphatic carbocycles. The van der Waals surface area contributed by atoms with Gasteiger partial charge in [-0.1, -0.05) is 135 Å². The molecule has 3 amide bonds. The van der Waals surface area contributed by atoms with E-state index in [4.69, 9.17) is 9.60 Å². The highest BCUT2D eigenvalue weighted by Gasteiger charge is 2.36. The Hall–Kier alpha value is -4.46. The van der Waals surface area contributed by atoms with Crippen LogP contribution in [-0.2, 0) is 30.7 Å². The molecule has 7 heteroatoms. The lowest BCUT2D eigenvalue weighted by molar-refractivity contribution is -0.128. The van der Waals surface area contributed by atoms with Crippen molar-refractivity contribution in [2.24, 2.45) is 5.89 Å². The molecule has 0 unspecified atom stereocenters. The quantitative estimate of drug-likeness (QED) is 0.134. The van der Waals surface area contributed by atoms with E-state index >= 15 is 0 Å². The number of hydrogen-bond acceptors (Lipinski definition) is 4. The standard InChI is InChI=1S/C41H50N4O3/c1-31(2)39(45-25-15-24-42-41(45)48)40(47)43-36(26-32-16-7-3-8-17-32)28-38(46)37(27-33-18-9-4-10-19-33)44(29-34-20-11-5-12-21-34)30-35-22-13-6-14-23-35/h3-14,16-23,31,36-39,46H,15,24-30H2,1-2H3,(H,42,48)(H,43,47)/t36-,37-,38-,39+/m0/s1/i1D3,2D3,31D,39D. The summed E-state index contributed by atoms with van der Waals surface area (Å²) in [5.74, 6) is -5.20. The smallest absolute Gasteiger partial charge is 0.318 e.